The lowest BCUT2D eigenvalue weighted by Gasteiger charge is -2.14. The lowest BCUT2D eigenvalue weighted by molar-refractivity contribution is 0.0938. The Morgan fingerprint density at radius 1 is 0.882 bits per heavy atom. The highest BCUT2D eigenvalue weighted by molar-refractivity contribution is 5.96. The van der Waals surface area contributed by atoms with Gasteiger partial charge in [-0.1, -0.05) is 84.9 Å². The first-order chi connectivity index (χ1) is 16.7. The topological polar surface area (TPSA) is 57.8 Å². The Hall–Kier alpha value is -4.18. The lowest BCUT2D eigenvalue weighted by Crippen LogP contribution is -2.32. The van der Waals surface area contributed by atoms with Crippen LogP contribution in [-0.4, -0.2) is 22.1 Å². The molecule has 0 unspecified atom stereocenters. The SMILES string of the molecule is C[C@@H](CCc1ccccc1)NC(=O)c1ccc(-c2cc(-c3cccc4ccccc34)[nH]n2)cc1. The molecule has 5 rings (SSSR count). The van der Waals surface area contributed by atoms with E-state index in [4.69, 9.17) is 0 Å². The molecule has 0 aliphatic rings. The fourth-order valence-electron chi connectivity index (χ4n) is 4.27. The van der Waals surface area contributed by atoms with Gasteiger partial charge >= 0.3 is 0 Å². The number of aryl methyl sites for hydroxylation is 1. The van der Waals surface area contributed by atoms with Gasteiger partial charge in [0, 0.05) is 22.7 Å². The number of fused-ring (bicyclic) bond motifs is 1. The van der Waals surface area contributed by atoms with Crippen molar-refractivity contribution in [3.63, 3.8) is 0 Å². The summed E-state index contributed by atoms with van der Waals surface area (Å²) in [6, 6.07) is 34.7. The molecule has 0 aliphatic heterocycles. The summed E-state index contributed by atoms with van der Waals surface area (Å²) in [4.78, 5) is 12.7. The molecule has 0 aliphatic carbocycles. The average molecular weight is 446 g/mol. The van der Waals surface area contributed by atoms with E-state index in [1.807, 2.05) is 55.5 Å². The van der Waals surface area contributed by atoms with Gasteiger partial charge in [-0.25, -0.2) is 0 Å². The summed E-state index contributed by atoms with van der Waals surface area (Å²) in [5.74, 6) is -0.0504. The predicted molar refractivity (Wildman–Crippen MR) is 139 cm³/mol. The van der Waals surface area contributed by atoms with Gasteiger partial charge in [0.1, 0.15) is 0 Å². The normalized spacial score (nSPS) is 11.9. The van der Waals surface area contributed by atoms with E-state index in [1.54, 1.807) is 0 Å². The lowest BCUT2D eigenvalue weighted by atomic mass is 10.0. The van der Waals surface area contributed by atoms with Gasteiger partial charge in [0.2, 0.25) is 0 Å². The van der Waals surface area contributed by atoms with E-state index in [2.05, 4.69) is 70.1 Å². The van der Waals surface area contributed by atoms with E-state index in [0.29, 0.717) is 5.56 Å². The Bertz CT molecular complexity index is 1400. The number of hydrogen-bond acceptors (Lipinski definition) is 2. The highest BCUT2D eigenvalue weighted by Gasteiger charge is 2.12. The van der Waals surface area contributed by atoms with Crippen LogP contribution in [0.1, 0.15) is 29.3 Å². The van der Waals surface area contributed by atoms with Crippen LogP contribution in [0.2, 0.25) is 0 Å². The molecule has 1 atom stereocenters. The quantitative estimate of drug-likeness (QED) is 0.295. The molecule has 0 saturated heterocycles. The molecule has 4 aromatic carbocycles. The van der Waals surface area contributed by atoms with Crippen molar-refractivity contribution in [2.24, 2.45) is 0 Å². The molecule has 0 radical (unpaired) electrons. The molecular weight excluding hydrogens is 418 g/mol. The van der Waals surface area contributed by atoms with Crippen LogP contribution in [0.3, 0.4) is 0 Å². The maximum atomic E-state index is 12.7. The standard InChI is InChI=1S/C30H27N3O/c1-21(14-15-22-8-3-2-4-9-22)31-30(34)25-18-16-24(17-19-25)28-20-29(33-32-28)27-13-7-11-23-10-5-6-12-26(23)27/h2-13,16-21H,14-15H2,1H3,(H,31,34)(H,32,33)/t21-/m0/s1. The van der Waals surface area contributed by atoms with Crippen molar-refractivity contribution >= 4 is 16.7 Å². The van der Waals surface area contributed by atoms with Gasteiger partial charge in [-0.3, -0.25) is 9.89 Å². The Morgan fingerprint density at radius 3 is 2.44 bits per heavy atom. The number of aromatic amines is 1. The Balaban J connectivity index is 1.25. The van der Waals surface area contributed by atoms with E-state index >= 15 is 0 Å². The van der Waals surface area contributed by atoms with Crippen LogP contribution >= 0.6 is 0 Å². The van der Waals surface area contributed by atoms with Crippen LogP contribution in [0.15, 0.2) is 103 Å². The minimum absolute atomic E-state index is 0.0504. The number of aromatic nitrogens is 2. The van der Waals surface area contributed by atoms with Crippen molar-refractivity contribution in [3.05, 3.63) is 114 Å². The molecule has 5 aromatic rings. The molecular formula is C30H27N3O. The Morgan fingerprint density at radius 2 is 1.62 bits per heavy atom. The zero-order valence-electron chi connectivity index (χ0n) is 19.2. The van der Waals surface area contributed by atoms with Crippen molar-refractivity contribution < 1.29 is 4.79 Å². The summed E-state index contributed by atoms with van der Waals surface area (Å²) in [5, 5.41) is 13.2. The van der Waals surface area contributed by atoms with Gasteiger partial charge in [-0.2, -0.15) is 5.10 Å². The number of rotatable bonds is 7. The molecule has 1 aromatic heterocycles. The van der Waals surface area contributed by atoms with Crippen LogP contribution in [0.4, 0.5) is 0 Å². The first-order valence-electron chi connectivity index (χ1n) is 11.7. The highest BCUT2D eigenvalue weighted by atomic mass is 16.1. The van der Waals surface area contributed by atoms with Crippen LogP contribution < -0.4 is 5.32 Å². The zero-order chi connectivity index (χ0) is 23.3. The molecule has 0 bridgehead atoms. The third-order valence-electron chi connectivity index (χ3n) is 6.19. The molecule has 2 N–H and O–H groups in total. The van der Waals surface area contributed by atoms with Crippen molar-refractivity contribution in [2.45, 2.75) is 25.8 Å². The van der Waals surface area contributed by atoms with Gasteiger partial charge in [-0.05, 0) is 54.3 Å². The maximum absolute atomic E-state index is 12.7. The molecule has 168 valence electrons. The van der Waals surface area contributed by atoms with Gasteiger partial charge in [0.05, 0.1) is 11.4 Å². The highest BCUT2D eigenvalue weighted by Crippen LogP contribution is 2.29. The summed E-state index contributed by atoms with van der Waals surface area (Å²) in [7, 11) is 0. The van der Waals surface area contributed by atoms with Crippen molar-refractivity contribution in [1.82, 2.24) is 15.5 Å². The zero-order valence-corrected chi connectivity index (χ0v) is 19.2. The fraction of sp³-hybridized carbons (Fsp3) is 0.133. The first-order valence-corrected chi connectivity index (χ1v) is 11.7. The van der Waals surface area contributed by atoms with Crippen LogP contribution in [0.5, 0.6) is 0 Å². The van der Waals surface area contributed by atoms with Gasteiger partial charge < -0.3 is 5.32 Å². The maximum Gasteiger partial charge on any atom is 0.251 e. The van der Waals surface area contributed by atoms with E-state index < -0.39 is 0 Å². The smallest absolute Gasteiger partial charge is 0.251 e. The van der Waals surface area contributed by atoms with E-state index in [1.165, 1.54) is 16.3 Å². The molecule has 4 nitrogen and oxygen atoms in total. The number of nitrogens with zero attached hydrogens (tertiary/aromatic N) is 1. The van der Waals surface area contributed by atoms with Crippen molar-refractivity contribution in [2.75, 3.05) is 0 Å². The van der Waals surface area contributed by atoms with Gasteiger partial charge in [0.25, 0.3) is 5.91 Å². The molecule has 1 heterocycles. The number of nitrogens with one attached hydrogen (secondary N) is 2. The molecule has 0 saturated carbocycles. The fourth-order valence-corrected chi connectivity index (χ4v) is 4.27. The van der Waals surface area contributed by atoms with E-state index in [9.17, 15) is 4.79 Å². The van der Waals surface area contributed by atoms with Crippen LogP contribution in [0.25, 0.3) is 33.3 Å². The summed E-state index contributed by atoms with van der Waals surface area (Å²) in [5.41, 5.74) is 5.86. The molecule has 1 amide bonds. The molecule has 0 spiro atoms. The van der Waals surface area contributed by atoms with Gasteiger partial charge in [0.15, 0.2) is 0 Å². The third kappa shape index (κ3) is 4.76. The minimum atomic E-state index is -0.0504. The number of benzene rings is 4. The summed E-state index contributed by atoms with van der Waals surface area (Å²) in [6.07, 6.45) is 1.84. The van der Waals surface area contributed by atoms with Crippen LogP contribution in [0, 0.1) is 0 Å². The van der Waals surface area contributed by atoms with Crippen LogP contribution in [-0.2, 0) is 6.42 Å². The van der Waals surface area contributed by atoms with Crippen molar-refractivity contribution in [3.8, 4) is 22.5 Å². The average Bonchev–Trinajstić information content (AvgIpc) is 3.38. The number of carbonyl (C=O) groups excluding carboxylic acids is 1. The number of hydrogen-bond donors (Lipinski definition) is 2. The number of H-pyrrole nitrogens is 1. The summed E-state index contributed by atoms with van der Waals surface area (Å²) in [6.45, 7) is 2.05. The molecule has 4 heteroatoms. The summed E-state index contributed by atoms with van der Waals surface area (Å²) >= 11 is 0. The first kappa shape index (κ1) is 21.7. The third-order valence-corrected chi connectivity index (χ3v) is 6.19. The summed E-state index contributed by atoms with van der Waals surface area (Å²) < 4.78 is 0. The Labute approximate surface area is 199 Å². The molecule has 34 heavy (non-hydrogen) atoms. The van der Waals surface area contributed by atoms with Crippen molar-refractivity contribution in [1.29, 1.82) is 0 Å². The van der Waals surface area contributed by atoms with E-state index in [0.717, 1.165) is 35.4 Å². The second-order valence-electron chi connectivity index (χ2n) is 8.67. The Kier molecular flexibility index (Phi) is 6.21. The predicted octanol–water partition coefficient (Wildman–Crippen LogP) is 6.65. The number of carbonyl (C=O) groups is 1. The second-order valence-corrected chi connectivity index (χ2v) is 8.67. The van der Waals surface area contributed by atoms with E-state index in [-0.39, 0.29) is 11.9 Å². The monoisotopic (exact) mass is 445 g/mol. The molecule has 0 fully saturated rings. The second kappa shape index (κ2) is 9.75. The largest absolute Gasteiger partial charge is 0.350 e. The number of amides is 1. The van der Waals surface area contributed by atoms with Gasteiger partial charge in [-0.15, -0.1) is 0 Å². The minimum Gasteiger partial charge on any atom is -0.350 e.